The lowest BCUT2D eigenvalue weighted by molar-refractivity contribution is 0.102. The molecule has 0 fully saturated rings. The molecule has 3 rings (SSSR count). The van der Waals surface area contributed by atoms with Crippen molar-refractivity contribution in [3.05, 3.63) is 47.9 Å². The van der Waals surface area contributed by atoms with Crippen molar-refractivity contribution >= 4 is 34.7 Å². The highest BCUT2D eigenvalue weighted by Crippen LogP contribution is 2.31. The topological polar surface area (TPSA) is 94.7 Å². The Morgan fingerprint density at radius 2 is 2.04 bits per heavy atom. The number of carbonyl (C=O) groups excluding carboxylic acids is 1. The maximum Gasteiger partial charge on any atom is 0.175 e. The van der Waals surface area contributed by atoms with Crippen LogP contribution in [0, 0.1) is 6.92 Å². The fourth-order valence-corrected chi connectivity index (χ4v) is 3.63. The van der Waals surface area contributed by atoms with Gasteiger partial charge in [-0.2, -0.15) is 0 Å². The van der Waals surface area contributed by atoms with E-state index in [1.165, 1.54) is 23.1 Å². The minimum Gasteiger partial charge on any atom is -0.383 e. The molecule has 116 valence electrons. The number of ketones is 1. The summed E-state index contributed by atoms with van der Waals surface area (Å²) >= 11 is 2.73. The lowest BCUT2D eigenvalue weighted by Crippen LogP contribution is -2.01. The largest absolute Gasteiger partial charge is 0.383 e. The summed E-state index contributed by atoms with van der Waals surface area (Å²) in [5.41, 5.74) is 7.24. The molecular formula is C15H13N5OS2. The molecule has 0 radical (unpaired) electrons. The molecule has 0 aliphatic carbocycles. The zero-order valence-electron chi connectivity index (χ0n) is 12.3. The van der Waals surface area contributed by atoms with Gasteiger partial charge in [0.05, 0.1) is 11.3 Å². The first-order chi connectivity index (χ1) is 11.1. The maximum absolute atomic E-state index is 12.1. The normalized spacial score (nSPS) is 10.7. The third kappa shape index (κ3) is 3.72. The van der Waals surface area contributed by atoms with E-state index in [2.05, 4.69) is 20.2 Å². The standard InChI is InChI=1S/C15H13N5OS2/c1-9-17-7-11(13(16)18-9)14-19-20-15(23-14)22-8-12(21)10-5-3-2-4-6-10/h2-7H,8H2,1H3,(H2,16,17,18). The number of nitrogens with zero attached hydrogens (tertiary/aromatic N) is 4. The Balaban J connectivity index is 1.69. The van der Waals surface area contributed by atoms with Crippen molar-refractivity contribution in [3.63, 3.8) is 0 Å². The predicted molar refractivity (Wildman–Crippen MR) is 91.6 cm³/mol. The second kappa shape index (κ2) is 6.84. The van der Waals surface area contributed by atoms with Crippen LogP contribution < -0.4 is 5.73 Å². The summed E-state index contributed by atoms with van der Waals surface area (Å²) < 4.78 is 0.712. The van der Waals surface area contributed by atoms with Crippen LogP contribution in [0.5, 0.6) is 0 Å². The number of Topliss-reactive ketones (excluding diaryl/α,β-unsaturated/α-hetero) is 1. The van der Waals surface area contributed by atoms with E-state index < -0.39 is 0 Å². The Bertz CT molecular complexity index is 835. The average Bonchev–Trinajstić information content (AvgIpc) is 3.02. The fourth-order valence-electron chi connectivity index (χ4n) is 1.86. The van der Waals surface area contributed by atoms with Crippen LogP contribution in [0.4, 0.5) is 5.82 Å². The van der Waals surface area contributed by atoms with E-state index >= 15 is 0 Å². The van der Waals surface area contributed by atoms with E-state index in [1.54, 1.807) is 25.3 Å². The first-order valence-electron chi connectivity index (χ1n) is 6.77. The molecule has 0 aliphatic heterocycles. The zero-order chi connectivity index (χ0) is 16.2. The second-order valence-corrected chi connectivity index (χ2v) is 6.87. The molecule has 0 atom stereocenters. The van der Waals surface area contributed by atoms with Gasteiger partial charge in [0.2, 0.25) is 0 Å². The van der Waals surface area contributed by atoms with Crippen molar-refractivity contribution in [2.24, 2.45) is 0 Å². The molecule has 0 amide bonds. The maximum atomic E-state index is 12.1. The van der Waals surface area contributed by atoms with Crippen molar-refractivity contribution in [3.8, 4) is 10.6 Å². The van der Waals surface area contributed by atoms with E-state index in [0.29, 0.717) is 37.9 Å². The van der Waals surface area contributed by atoms with Crippen molar-refractivity contribution in [1.82, 2.24) is 20.2 Å². The summed E-state index contributed by atoms with van der Waals surface area (Å²) in [4.78, 5) is 20.3. The Morgan fingerprint density at radius 1 is 1.26 bits per heavy atom. The Morgan fingerprint density at radius 3 is 2.78 bits per heavy atom. The number of aryl methyl sites for hydroxylation is 1. The van der Waals surface area contributed by atoms with Crippen molar-refractivity contribution in [1.29, 1.82) is 0 Å². The Kier molecular flexibility index (Phi) is 4.63. The van der Waals surface area contributed by atoms with E-state index in [9.17, 15) is 4.79 Å². The van der Waals surface area contributed by atoms with Gasteiger partial charge in [-0.3, -0.25) is 4.79 Å². The molecule has 2 N–H and O–H groups in total. The second-order valence-electron chi connectivity index (χ2n) is 4.67. The van der Waals surface area contributed by atoms with Gasteiger partial charge in [-0.1, -0.05) is 53.4 Å². The van der Waals surface area contributed by atoms with Crippen LogP contribution in [0.1, 0.15) is 16.2 Å². The monoisotopic (exact) mass is 343 g/mol. The summed E-state index contributed by atoms with van der Waals surface area (Å²) in [7, 11) is 0. The summed E-state index contributed by atoms with van der Waals surface area (Å²) in [6.45, 7) is 1.77. The molecule has 0 unspecified atom stereocenters. The molecule has 2 heterocycles. The number of thioether (sulfide) groups is 1. The molecule has 0 spiro atoms. The lowest BCUT2D eigenvalue weighted by atomic mass is 10.2. The fraction of sp³-hybridized carbons (Fsp3) is 0.133. The van der Waals surface area contributed by atoms with Crippen LogP contribution in [0.3, 0.4) is 0 Å². The first kappa shape index (κ1) is 15.6. The van der Waals surface area contributed by atoms with Crippen LogP contribution in [0.2, 0.25) is 0 Å². The molecule has 23 heavy (non-hydrogen) atoms. The minimum absolute atomic E-state index is 0.0607. The third-order valence-electron chi connectivity index (χ3n) is 3.00. The minimum atomic E-state index is 0.0607. The van der Waals surface area contributed by atoms with Gasteiger partial charge >= 0.3 is 0 Å². The molecule has 0 aliphatic rings. The summed E-state index contributed by atoms with van der Waals surface area (Å²) in [6.07, 6.45) is 1.64. The van der Waals surface area contributed by atoms with Gasteiger partial charge in [-0.15, -0.1) is 10.2 Å². The Labute approximate surface area is 141 Å². The summed E-state index contributed by atoms with van der Waals surface area (Å²) in [6, 6.07) is 9.19. The lowest BCUT2D eigenvalue weighted by Gasteiger charge is -2.00. The highest BCUT2D eigenvalue weighted by molar-refractivity contribution is 8.01. The van der Waals surface area contributed by atoms with E-state index in [-0.39, 0.29) is 5.78 Å². The molecule has 6 nitrogen and oxygen atoms in total. The first-order valence-corrected chi connectivity index (χ1v) is 8.58. The van der Waals surface area contributed by atoms with Crippen molar-refractivity contribution < 1.29 is 4.79 Å². The Hall–Kier alpha value is -2.32. The molecule has 3 aromatic rings. The van der Waals surface area contributed by atoms with Gasteiger partial charge in [-0.25, -0.2) is 9.97 Å². The van der Waals surface area contributed by atoms with Crippen molar-refractivity contribution in [2.75, 3.05) is 11.5 Å². The van der Waals surface area contributed by atoms with E-state index in [1.807, 2.05) is 18.2 Å². The zero-order valence-corrected chi connectivity index (χ0v) is 13.9. The molecule has 0 bridgehead atoms. The number of aromatic nitrogens is 4. The number of benzene rings is 1. The van der Waals surface area contributed by atoms with E-state index in [0.717, 1.165) is 0 Å². The molecule has 0 saturated heterocycles. The van der Waals surface area contributed by atoms with E-state index in [4.69, 9.17) is 5.73 Å². The number of hydrogen-bond acceptors (Lipinski definition) is 8. The number of nitrogen functional groups attached to an aromatic ring is 1. The highest BCUT2D eigenvalue weighted by Gasteiger charge is 2.13. The van der Waals surface area contributed by atoms with Gasteiger partial charge in [0.1, 0.15) is 11.6 Å². The number of hydrogen-bond donors (Lipinski definition) is 1. The van der Waals surface area contributed by atoms with Crippen LogP contribution in [0.25, 0.3) is 10.6 Å². The van der Waals surface area contributed by atoms with Gasteiger partial charge in [0.25, 0.3) is 0 Å². The number of nitrogens with two attached hydrogens (primary N) is 1. The SMILES string of the molecule is Cc1ncc(-c2nnc(SCC(=O)c3ccccc3)s2)c(N)n1. The molecule has 0 saturated carbocycles. The average molecular weight is 343 g/mol. The van der Waals surface area contributed by atoms with Gasteiger partial charge in [-0.05, 0) is 6.92 Å². The highest BCUT2D eigenvalue weighted by atomic mass is 32.2. The molecule has 2 aromatic heterocycles. The smallest absolute Gasteiger partial charge is 0.175 e. The predicted octanol–water partition coefficient (Wildman–Crippen LogP) is 2.86. The van der Waals surface area contributed by atoms with Gasteiger partial charge in [0.15, 0.2) is 15.1 Å². The van der Waals surface area contributed by atoms with Gasteiger partial charge in [0, 0.05) is 11.8 Å². The van der Waals surface area contributed by atoms with Crippen molar-refractivity contribution in [2.45, 2.75) is 11.3 Å². The number of rotatable bonds is 5. The van der Waals surface area contributed by atoms with Gasteiger partial charge < -0.3 is 5.73 Å². The number of carbonyl (C=O) groups is 1. The summed E-state index contributed by atoms with van der Waals surface area (Å²) in [5.74, 6) is 1.37. The van der Waals surface area contributed by atoms with Crippen LogP contribution in [-0.4, -0.2) is 31.7 Å². The van der Waals surface area contributed by atoms with Crippen LogP contribution in [-0.2, 0) is 0 Å². The van der Waals surface area contributed by atoms with Crippen LogP contribution >= 0.6 is 23.1 Å². The molecule has 8 heteroatoms. The molecular weight excluding hydrogens is 330 g/mol. The molecule has 1 aromatic carbocycles. The third-order valence-corrected chi connectivity index (χ3v) is 5.09. The van der Waals surface area contributed by atoms with Crippen LogP contribution in [0.15, 0.2) is 40.9 Å². The summed E-state index contributed by atoms with van der Waals surface area (Å²) in [5, 5.41) is 8.84. The number of anilines is 1. The quantitative estimate of drug-likeness (QED) is 0.562.